The van der Waals surface area contributed by atoms with Crippen LogP contribution in [0.15, 0.2) is 0 Å². The molecule has 0 spiro atoms. The van der Waals surface area contributed by atoms with Crippen LogP contribution in [0.5, 0.6) is 0 Å². The summed E-state index contributed by atoms with van der Waals surface area (Å²) in [6, 6.07) is -0.308. The molecule has 0 saturated carbocycles. The molecular formula is C17H36N2O6Si2. The first-order valence-corrected chi connectivity index (χ1v) is 13.5. The zero-order valence-corrected chi connectivity index (χ0v) is 20.8. The standard InChI is InChI=1S/C17H36N2O6Si2/c1-16(2,3)23-15(22)18(6)12-10-19(14(20)21)9-11(12)17(4,5)13(24-26-7)25-27-8/h11-13H,9-10,26-27H2,1-8H3,(H,20,21). The maximum Gasteiger partial charge on any atom is 0.410 e. The molecule has 1 aliphatic heterocycles. The van der Waals surface area contributed by atoms with Gasteiger partial charge in [0, 0.05) is 31.5 Å². The highest BCUT2D eigenvalue weighted by Gasteiger charge is 2.50. The number of hydrogen-bond acceptors (Lipinski definition) is 5. The molecule has 2 unspecified atom stereocenters. The number of likely N-dealkylation sites (tertiary alicyclic amines) is 1. The summed E-state index contributed by atoms with van der Waals surface area (Å²) in [5.74, 6) is -0.128. The van der Waals surface area contributed by atoms with E-state index in [2.05, 4.69) is 0 Å². The van der Waals surface area contributed by atoms with Gasteiger partial charge in [-0.25, -0.2) is 9.59 Å². The predicted molar refractivity (Wildman–Crippen MR) is 109 cm³/mol. The lowest BCUT2D eigenvalue weighted by atomic mass is 9.75. The minimum absolute atomic E-state index is 0.128. The summed E-state index contributed by atoms with van der Waals surface area (Å²) in [5.41, 5.74) is -1.06. The van der Waals surface area contributed by atoms with Crippen LogP contribution in [-0.4, -0.2) is 84.7 Å². The number of amides is 2. The summed E-state index contributed by atoms with van der Waals surface area (Å²) in [6.45, 7) is 14.2. The normalized spacial score (nSPS) is 22.7. The topological polar surface area (TPSA) is 88.5 Å². The molecule has 0 aromatic heterocycles. The highest BCUT2D eigenvalue weighted by molar-refractivity contribution is 6.26. The van der Waals surface area contributed by atoms with Crippen molar-refractivity contribution < 1.29 is 28.3 Å². The number of ether oxygens (including phenoxy) is 1. The summed E-state index contributed by atoms with van der Waals surface area (Å²) >= 11 is 0. The number of nitrogens with zero attached hydrogens (tertiary/aromatic N) is 2. The second-order valence-electron chi connectivity index (χ2n) is 8.52. The maximum absolute atomic E-state index is 12.6. The predicted octanol–water partition coefficient (Wildman–Crippen LogP) is 1.48. The first-order chi connectivity index (χ1) is 12.3. The van der Waals surface area contributed by atoms with E-state index in [0.717, 1.165) is 0 Å². The van der Waals surface area contributed by atoms with Gasteiger partial charge in [-0.3, -0.25) is 0 Å². The van der Waals surface area contributed by atoms with Crippen molar-refractivity contribution in [2.75, 3.05) is 20.1 Å². The van der Waals surface area contributed by atoms with Gasteiger partial charge in [0.1, 0.15) is 11.9 Å². The van der Waals surface area contributed by atoms with Gasteiger partial charge >= 0.3 is 12.2 Å². The average molecular weight is 421 g/mol. The van der Waals surface area contributed by atoms with Gasteiger partial charge in [-0.2, -0.15) is 0 Å². The highest BCUT2D eigenvalue weighted by Crippen LogP contribution is 2.41. The van der Waals surface area contributed by atoms with Crippen molar-refractivity contribution in [3.8, 4) is 0 Å². The molecule has 0 aromatic carbocycles. The SMILES string of the molecule is C[SiH2]OC(O[SiH2]C)C(C)(C)C1CN(C(=O)O)CC1N(C)C(=O)OC(C)(C)C. The van der Waals surface area contributed by atoms with E-state index in [1.54, 1.807) is 7.05 Å². The van der Waals surface area contributed by atoms with Crippen LogP contribution < -0.4 is 0 Å². The minimum atomic E-state index is -0.982. The number of likely N-dealkylation sites (N-methyl/N-ethyl adjacent to an activating group) is 1. The lowest BCUT2D eigenvalue weighted by molar-refractivity contribution is -0.111. The van der Waals surface area contributed by atoms with Gasteiger partial charge < -0.3 is 28.5 Å². The first kappa shape index (κ1) is 23.9. The van der Waals surface area contributed by atoms with Crippen molar-refractivity contribution in [2.24, 2.45) is 11.3 Å². The third-order valence-corrected chi connectivity index (χ3v) is 6.21. The molecule has 1 heterocycles. The number of rotatable bonds is 7. The van der Waals surface area contributed by atoms with Crippen molar-refractivity contribution in [3.05, 3.63) is 0 Å². The van der Waals surface area contributed by atoms with Crippen molar-refractivity contribution in [1.82, 2.24) is 9.80 Å². The van der Waals surface area contributed by atoms with Crippen LogP contribution in [-0.2, 0) is 13.6 Å². The molecule has 10 heteroatoms. The van der Waals surface area contributed by atoms with Crippen molar-refractivity contribution >= 4 is 31.7 Å². The Balaban J connectivity index is 3.14. The molecule has 2 amide bonds. The smallest absolute Gasteiger partial charge is 0.410 e. The summed E-state index contributed by atoms with van der Waals surface area (Å²) in [4.78, 5) is 27.1. The molecule has 27 heavy (non-hydrogen) atoms. The van der Waals surface area contributed by atoms with E-state index in [1.165, 1.54) is 9.80 Å². The fraction of sp³-hybridized carbons (Fsp3) is 0.882. The average Bonchev–Trinajstić information content (AvgIpc) is 2.98. The van der Waals surface area contributed by atoms with E-state index >= 15 is 0 Å². The van der Waals surface area contributed by atoms with Crippen LogP contribution in [0.1, 0.15) is 34.6 Å². The van der Waals surface area contributed by atoms with Gasteiger partial charge in [0.2, 0.25) is 0 Å². The second-order valence-corrected chi connectivity index (χ2v) is 10.3. The lowest BCUT2D eigenvalue weighted by Crippen LogP contribution is -2.52. The third kappa shape index (κ3) is 6.19. The third-order valence-electron chi connectivity index (χ3n) is 4.94. The second kappa shape index (κ2) is 9.40. The lowest BCUT2D eigenvalue weighted by Gasteiger charge is -2.43. The fourth-order valence-corrected chi connectivity index (χ4v) is 5.34. The maximum atomic E-state index is 12.6. The van der Waals surface area contributed by atoms with Crippen LogP contribution in [0, 0.1) is 11.3 Å². The molecule has 1 aliphatic rings. The van der Waals surface area contributed by atoms with Gasteiger partial charge in [-0.05, 0) is 20.8 Å². The number of carbonyl (C=O) groups excluding carboxylic acids is 1. The minimum Gasteiger partial charge on any atom is -0.465 e. The first-order valence-electron chi connectivity index (χ1n) is 9.52. The Bertz CT molecular complexity index is 520. The Kier molecular flexibility index (Phi) is 8.33. The van der Waals surface area contributed by atoms with Crippen LogP contribution in [0.25, 0.3) is 0 Å². The summed E-state index contributed by atoms with van der Waals surface area (Å²) in [7, 11) is 0.269. The van der Waals surface area contributed by atoms with E-state index in [1.807, 2.05) is 47.7 Å². The molecular weight excluding hydrogens is 384 g/mol. The number of hydrogen-bond donors (Lipinski definition) is 1. The molecule has 1 saturated heterocycles. The molecule has 8 nitrogen and oxygen atoms in total. The molecule has 2 atom stereocenters. The van der Waals surface area contributed by atoms with Crippen molar-refractivity contribution in [3.63, 3.8) is 0 Å². The van der Waals surface area contributed by atoms with Gasteiger partial charge in [0.05, 0.1) is 6.04 Å². The Morgan fingerprint density at radius 2 is 1.63 bits per heavy atom. The molecule has 158 valence electrons. The van der Waals surface area contributed by atoms with Crippen molar-refractivity contribution in [2.45, 2.75) is 65.6 Å². The van der Waals surface area contributed by atoms with Crippen LogP contribution >= 0.6 is 0 Å². The molecule has 0 radical (unpaired) electrons. The molecule has 1 rings (SSSR count). The molecule has 1 N–H and O–H groups in total. The molecule has 0 aromatic rings. The summed E-state index contributed by atoms with van der Waals surface area (Å²) < 4.78 is 17.4. The van der Waals surface area contributed by atoms with Gasteiger partial charge in [0.15, 0.2) is 19.5 Å². The Morgan fingerprint density at radius 1 is 1.11 bits per heavy atom. The Morgan fingerprint density at radius 3 is 2.04 bits per heavy atom. The van der Waals surface area contributed by atoms with E-state index in [9.17, 15) is 14.7 Å². The van der Waals surface area contributed by atoms with E-state index in [0.29, 0.717) is 6.54 Å². The van der Waals surface area contributed by atoms with E-state index in [-0.39, 0.29) is 24.8 Å². The van der Waals surface area contributed by atoms with E-state index < -0.39 is 42.7 Å². The molecule has 0 bridgehead atoms. The fourth-order valence-electron chi connectivity index (χ4n) is 3.49. The summed E-state index contributed by atoms with van der Waals surface area (Å²) in [5, 5.41) is 9.51. The monoisotopic (exact) mass is 420 g/mol. The Labute approximate surface area is 167 Å². The molecule has 0 aliphatic carbocycles. The quantitative estimate of drug-likeness (QED) is 0.496. The Hall–Kier alpha value is -1.11. The zero-order valence-electron chi connectivity index (χ0n) is 17.9. The van der Waals surface area contributed by atoms with Crippen LogP contribution in [0.3, 0.4) is 0 Å². The van der Waals surface area contributed by atoms with Gasteiger partial charge in [-0.1, -0.05) is 26.9 Å². The molecule has 1 fully saturated rings. The van der Waals surface area contributed by atoms with Gasteiger partial charge in [-0.15, -0.1) is 0 Å². The van der Waals surface area contributed by atoms with Crippen LogP contribution in [0.2, 0.25) is 13.1 Å². The largest absolute Gasteiger partial charge is 0.465 e. The van der Waals surface area contributed by atoms with Crippen molar-refractivity contribution in [1.29, 1.82) is 0 Å². The highest BCUT2D eigenvalue weighted by atomic mass is 28.2. The van der Waals surface area contributed by atoms with Gasteiger partial charge in [0.25, 0.3) is 0 Å². The zero-order chi connectivity index (χ0) is 21.0. The van der Waals surface area contributed by atoms with Crippen LogP contribution in [0.4, 0.5) is 9.59 Å². The number of carboxylic acid groups (broad SMARTS) is 1. The number of carbonyl (C=O) groups is 2. The van der Waals surface area contributed by atoms with E-state index in [4.69, 9.17) is 13.6 Å². The summed E-state index contributed by atoms with van der Waals surface area (Å²) in [6.07, 6.45) is -1.81.